The van der Waals surface area contributed by atoms with Gasteiger partial charge in [0.1, 0.15) is 5.92 Å². The van der Waals surface area contributed by atoms with Gasteiger partial charge in [0.25, 0.3) is 0 Å². The number of nitrogens with one attached hydrogen (secondary N) is 1. The Labute approximate surface area is 44.9 Å². The highest BCUT2D eigenvalue weighted by Gasteiger charge is 2.43. The Morgan fingerprint density at radius 1 is 1.25 bits per heavy atom. The van der Waals surface area contributed by atoms with Gasteiger partial charge >= 0.3 is 6.18 Å². The Bertz CT molecular complexity index is 83.8. The molecule has 1 aliphatic heterocycles. The SMILES string of the molecule is FC(F)(F)[C]1CNC1. The van der Waals surface area contributed by atoms with Gasteiger partial charge in [0.05, 0.1) is 0 Å². The number of hydrogen-bond acceptors (Lipinski definition) is 1. The smallest absolute Gasteiger partial charge is 0.315 e. The lowest BCUT2D eigenvalue weighted by atomic mass is 10.0. The van der Waals surface area contributed by atoms with E-state index in [1.807, 2.05) is 0 Å². The lowest BCUT2D eigenvalue weighted by Crippen LogP contribution is -2.48. The molecular weight excluding hydrogens is 119 g/mol. The Hall–Kier alpha value is -0.250. The minimum Gasteiger partial charge on any atom is -0.315 e. The summed E-state index contributed by atoms with van der Waals surface area (Å²) < 4.78 is 34.3. The van der Waals surface area contributed by atoms with Gasteiger partial charge in [0.2, 0.25) is 0 Å². The summed E-state index contributed by atoms with van der Waals surface area (Å²) in [6.07, 6.45) is -4.05. The van der Waals surface area contributed by atoms with Crippen molar-refractivity contribution in [1.82, 2.24) is 5.32 Å². The number of hydrogen-bond donors (Lipinski definition) is 1. The van der Waals surface area contributed by atoms with Crippen LogP contribution < -0.4 is 5.32 Å². The summed E-state index contributed by atoms with van der Waals surface area (Å²) in [6.45, 7) is 0.0347. The first-order valence-corrected chi connectivity index (χ1v) is 2.23. The number of alkyl halides is 3. The standard InChI is InChI=1S/C4H5F3N/c5-4(6,7)3-1-8-2-3/h8H,1-2H2. The third-order valence-corrected chi connectivity index (χ3v) is 1.08. The summed E-state index contributed by atoms with van der Waals surface area (Å²) in [4.78, 5) is 0. The molecular formula is C4H5F3N. The average molecular weight is 124 g/mol. The molecule has 1 fully saturated rings. The maximum atomic E-state index is 11.4. The molecule has 0 aromatic rings. The summed E-state index contributed by atoms with van der Waals surface area (Å²) in [5.41, 5.74) is 0. The first-order valence-electron chi connectivity index (χ1n) is 2.23. The third-order valence-electron chi connectivity index (χ3n) is 1.08. The van der Waals surface area contributed by atoms with E-state index in [1.54, 1.807) is 0 Å². The molecule has 0 atom stereocenters. The summed E-state index contributed by atoms with van der Waals surface area (Å²) >= 11 is 0. The zero-order chi connectivity index (χ0) is 6.20. The monoisotopic (exact) mass is 124 g/mol. The van der Waals surface area contributed by atoms with Crippen molar-refractivity contribution in [1.29, 1.82) is 0 Å². The topological polar surface area (TPSA) is 12.0 Å². The normalized spacial score (nSPS) is 22.9. The van der Waals surface area contributed by atoms with E-state index in [9.17, 15) is 13.2 Å². The van der Waals surface area contributed by atoms with Gasteiger partial charge in [-0.3, -0.25) is 0 Å². The largest absolute Gasteiger partial charge is 0.397 e. The molecule has 0 bridgehead atoms. The van der Waals surface area contributed by atoms with Crippen molar-refractivity contribution in [2.75, 3.05) is 13.1 Å². The second-order valence-electron chi connectivity index (χ2n) is 1.70. The van der Waals surface area contributed by atoms with Crippen molar-refractivity contribution < 1.29 is 13.2 Å². The Morgan fingerprint density at radius 3 is 1.75 bits per heavy atom. The fraction of sp³-hybridized carbons (Fsp3) is 0.750. The van der Waals surface area contributed by atoms with Crippen LogP contribution in [-0.2, 0) is 0 Å². The quantitative estimate of drug-likeness (QED) is 0.502. The molecule has 1 rings (SSSR count). The van der Waals surface area contributed by atoms with Crippen LogP contribution in [0.2, 0.25) is 0 Å². The average Bonchev–Trinajstić information content (AvgIpc) is 1.16. The summed E-state index contributed by atoms with van der Waals surface area (Å²) in [5, 5.41) is 2.51. The van der Waals surface area contributed by atoms with E-state index in [0.29, 0.717) is 0 Å². The van der Waals surface area contributed by atoms with Crippen LogP contribution in [0, 0.1) is 5.92 Å². The Morgan fingerprint density at radius 2 is 1.75 bits per heavy atom. The maximum absolute atomic E-state index is 11.4. The molecule has 0 saturated carbocycles. The van der Waals surface area contributed by atoms with Crippen molar-refractivity contribution in [3.63, 3.8) is 0 Å². The van der Waals surface area contributed by atoms with Crippen LogP contribution in [0.5, 0.6) is 0 Å². The molecule has 47 valence electrons. The minimum absolute atomic E-state index is 0.0174. The van der Waals surface area contributed by atoms with Crippen LogP contribution in [0.1, 0.15) is 0 Å². The van der Waals surface area contributed by atoms with Gasteiger partial charge < -0.3 is 5.32 Å². The van der Waals surface area contributed by atoms with Gasteiger partial charge in [0.15, 0.2) is 0 Å². The summed E-state index contributed by atoms with van der Waals surface area (Å²) in [7, 11) is 0. The lowest BCUT2D eigenvalue weighted by molar-refractivity contribution is -0.123. The molecule has 1 aliphatic rings. The van der Waals surface area contributed by atoms with Gasteiger partial charge in [-0.1, -0.05) is 0 Å². The highest BCUT2D eigenvalue weighted by atomic mass is 19.4. The van der Waals surface area contributed by atoms with Crippen LogP contribution in [0.15, 0.2) is 0 Å². The summed E-state index contributed by atoms with van der Waals surface area (Å²) in [6, 6.07) is 0. The van der Waals surface area contributed by atoms with Gasteiger partial charge in [-0.05, 0) is 0 Å². The molecule has 1 heterocycles. The van der Waals surface area contributed by atoms with E-state index in [-0.39, 0.29) is 19.0 Å². The number of halogens is 3. The van der Waals surface area contributed by atoms with E-state index in [1.165, 1.54) is 0 Å². The Balaban J connectivity index is 2.34. The molecule has 0 amide bonds. The molecule has 0 aliphatic carbocycles. The van der Waals surface area contributed by atoms with Crippen LogP contribution in [-0.4, -0.2) is 19.3 Å². The van der Waals surface area contributed by atoms with Crippen LogP contribution in [0.3, 0.4) is 0 Å². The molecule has 0 unspecified atom stereocenters. The van der Waals surface area contributed by atoms with Gasteiger partial charge in [0, 0.05) is 13.1 Å². The second-order valence-corrected chi connectivity index (χ2v) is 1.70. The lowest BCUT2D eigenvalue weighted by Gasteiger charge is -2.27. The predicted octanol–water partition coefficient (Wildman–Crippen LogP) is 0.726. The van der Waals surface area contributed by atoms with Crippen molar-refractivity contribution in [2.24, 2.45) is 0 Å². The molecule has 1 saturated heterocycles. The van der Waals surface area contributed by atoms with E-state index < -0.39 is 6.18 Å². The molecule has 0 spiro atoms. The molecule has 8 heavy (non-hydrogen) atoms. The summed E-state index contributed by atoms with van der Waals surface area (Å²) in [5.74, 6) is -0.350. The van der Waals surface area contributed by atoms with Crippen LogP contribution in [0.25, 0.3) is 0 Å². The zero-order valence-corrected chi connectivity index (χ0v) is 4.05. The van der Waals surface area contributed by atoms with Crippen LogP contribution in [0.4, 0.5) is 13.2 Å². The fourth-order valence-electron chi connectivity index (χ4n) is 0.450. The van der Waals surface area contributed by atoms with Crippen LogP contribution >= 0.6 is 0 Å². The van der Waals surface area contributed by atoms with Crippen molar-refractivity contribution in [3.8, 4) is 0 Å². The number of rotatable bonds is 0. The van der Waals surface area contributed by atoms with E-state index >= 15 is 0 Å². The highest BCUT2D eigenvalue weighted by molar-refractivity contribution is 5.09. The maximum Gasteiger partial charge on any atom is 0.397 e. The minimum atomic E-state index is -4.05. The molecule has 1 N–H and O–H groups in total. The Kier molecular flexibility index (Phi) is 1.19. The highest BCUT2D eigenvalue weighted by Crippen LogP contribution is 2.30. The van der Waals surface area contributed by atoms with E-state index in [2.05, 4.69) is 5.32 Å². The fourth-order valence-corrected chi connectivity index (χ4v) is 0.450. The van der Waals surface area contributed by atoms with Crippen molar-refractivity contribution in [2.45, 2.75) is 6.18 Å². The van der Waals surface area contributed by atoms with Crippen molar-refractivity contribution >= 4 is 0 Å². The molecule has 1 nitrogen and oxygen atoms in total. The first kappa shape index (κ1) is 5.88. The van der Waals surface area contributed by atoms with Gasteiger partial charge in [-0.25, -0.2) is 0 Å². The predicted molar refractivity (Wildman–Crippen MR) is 22.2 cm³/mol. The van der Waals surface area contributed by atoms with E-state index in [4.69, 9.17) is 0 Å². The molecule has 1 radical (unpaired) electrons. The first-order chi connectivity index (χ1) is 3.61. The second kappa shape index (κ2) is 1.62. The van der Waals surface area contributed by atoms with Gasteiger partial charge in [-0.15, -0.1) is 0 Å². The molecule has 4 heteroatoms. The van der Waals surface area contributed by atoms with Crippen molar-refractivity contribution in [3.05, 3.63) is 5.92 Å². The van der Waals surface area contributed by atoms with Gasteiger partial charge in [-0.2, -0.15) is 13.2 Å². The molecule has 0 aromatic heterocycles. The third kappa shape index (κ3) is 0.940. The molecule has 0 aromatic carbocycles. The zero-order valence-electron chi connectivity index (χ0n) is 4.05. The van der Waals surface area contributed by atoms with E-state index in [0.717, 1.165) is 0 Å².